The van der Waals surface area contributed by atoms with Gasteiger partial charge in [-0.1, -0.05) is 46.2 Å². The highest BCUT2D eigenvalue weighted by Crippen LogP contribution is 2.14. The molecule has 2 aromatic rings. The standard InChI is InChI=1S/C20H29N7O4.C3H8.C2H6/c1-12-17(21)26-18(22)16(25-12)19(30)27-20(23)24-9-3-2-4-13-5-7-15(8-6-13)31-11-14(29)10-28;1-3-2;1-2/h5-8,14,28-29H,2-4,9-11H2,1H3,(H4,21,22,26)(H3,23,24,27,30);3H2,1-2H3;1-2H3. The molecule has 0 aliphatic carbocycles. The number of aliphatic hydroxyl groups excluding tert-OH is 2. The number of anilines is 2. The molecule has 1 heterocycles. The summed E-state index contributed by atoms with van der Waals surface area (Å²) in [5.74, 6) is 0.106. The number of aromatic nitrogens is 2. The first-order chi connectivity index (χ1) is 17.2. The summed E-state index contributed by atoms with van der Waals surface area (Å²) in [6.45, 7) is 10.0. The summed E-state index contributed by atoms with van der Waals surface area (Å²) in [5.41, 5.74) is 18.5. The maximum absolute atomic E-state index is 12.2. The Balaban J connectivity index is 0.00000227. The Bertz CT molecular complexity index is 921. The maximum atomic E-state index is 12.2. The lowest BCUT2D eigenvalue weighted by molar-refractivity contribution is 0.0536. The van der Waals surface area contributed by atoms with Crippen molar-refractivity contribution in [1.29, 1.82) is 0 Å². The van der Waals surface area contributed by atoms with E-state index in [9.17, 15) is 9.90 Å². The number of aliphatic hydroxyl groups is 2. The average Bonchev–Trinajstić information content (AvgIpc) is 2.86. The number of ether oxygens (including phenoxy) is 1. The third-order valence-electron chi connectivity index (χ3n) is 4.32. The summed E-state index contributed by atoms with van der Waals surface area (Å²) >= 11 is 0. The Labute approximate surface area is 214 Å². The van der Waals surface area contributed by atoms with Crippen molar-refractivity contribution in [3.8, 4) is 5.75 Å². The van der Waals surface area contributed by atoms with Gasteiger partial charge in [0.25, 0.3) is 5.91 Å². The quantitative estimate of drug-likeness (QED) is 0.159. The zero-order chi connectivity index (χ0) is 27.5. The molecule has 0 aliphatic rings. The number of rotatable bonds is 10. The summed E-state index contributed by atoms with van der Waals surface area (Å²) in [6.07, 6.45) is 2.86. The van der Waals surface area contributed by atoms with Crippen LogP contribution in [0.5, 0.6) is 5.75 Å². The van der Waals surface area contributed by atoms with Gasteiger partial charge in [0.1, 0.15) is 24.3 Å². The average molecular weight is 506 g/mol. The minimum atomic E-state index is -0.890. The van der Waals surface area contributed by atoms with Gasteiger partial charge >= 0.3 is 0 Å². The van der Waals surface area contributed by atoms with Crippen molar-refractivity contribution in [2.45, 2.75) is 66.4 Å². The molecule has 1 aromatic heterocycles. The Morgan fingerprint density at radius 1 is 1.11 bits per heavy atom. The lowest BCUT2D eigenvalue weighted by Crippen LogP contribution is -2.38. The summed E-state index contributed by atoms with van der Waals surface area (Å²) in [6, 6.07) is 7.52. The highest BCUT2D eigenvalue weighted by Gasteiger charge is 2.15. The Morgan fingerprint density at radius 3 is 2.31 bits per heavy atom. The lowest BCUT2D eigenvalue weighted by atomic mass is 10.1. The number of nitrogens with zero attached hydrogens (tertiary/aromatic N) is 3. The van der Waals surface area contributed by atoms with E-state index in [0.717, 1.165) is 24.8 Å². The van der Waals surface area contributed by atoms with Crippen LogP contribution in [0.25, 0.3) is 0 Å². The molecule has 0 spiro atoms. The van der Waals surface area contributed by atoms with Gasteiger partial charge in [0, 0.05) is 6.54 Å². The normalized spacial score (nSPS) is 11.4. The second-order valence-electron chi connectivity index (χ2n) is 7.60. The van der Waals surface area contributed by atoms with Crippen LogP contribution in [0.1, 0.15) is 68.7 Å². The lowest BCUT2D eigenvalue weighted by Gasteiger charge is -2.10. The van der Waals surface area contributed by atoms with Crippen molar-refractivity contribution in [2.24, 2.45) is 10.7 Å². The van der Waals surface area contributed by atoms with Crippen LogP contribution in [-0.4, -0.2) is 57.9 Å². The van der Waals surface area contributed by atoms with Crippen molar-refractivity contribution >= 4 is 23.5 Å². The van der Waals surface area contributed by atoms with E-state index in [1.54, 1.807) is 6.92 Å². The first-order valence-corrected chi connectivity index (χ1v) is 12.2. The number of aliphatic imine (C=N–C) groups is 1. The molecule has 1 unspecified atom stereocenters. The van der Waals surface area contributed by atoms with Crippen LogP contribution in [0.3, 0.4) is 0 Å². The van der Waals surface area contributed by atoms with Crippen molar-refractivity contribution < 1.29 is 19.7 Å². The van der Waals surface area contributed by atoms with E-state index in [1.165, 1.54) is 6.42 Å². The van der Waals surface area contributed by atoms with Crippen molar-refractivity contribution in [1.82, 2.24) is 15.3 Å². The molecule has 0 bridgehead atoms. The number of aryl methyl sites for hydroxylation is 2. The smallest absolute Gasteiger partial charge is 0.280 e. The van der Waals surface area contributed by atoms with E-state index < -0.39 is 12.0 Å². The number of unbranched alkanes of at least 4 members (excludes halogenated alkanes) is 1. The molecule has 9 N–H and O–H groups in total. The molecule has 2 rings (SSSR count). The Kier molecular flexibility index (Phi) is 17.0. The van der Waals surface area contributed by atoms with E-state index in [4.69, 9.17) is 27.0 Å². The summed E-state index contributed by atoms with van der Waals surface area (Å²) < 4.78 is 5.37. The third-order valence-corrected chi connectivity index (χ3v) is 4.32. The largest absolute Gasteiger partial charge is 0.491 e. The summed E-state index contributed by atoms with van der Waals surface area (Å²) in [5, 5.41) is 20.5. The molecule has 0 saturated heterocycles. The predicted octanol–water partition coefficient (Wildman–Crippen LogP) is 2.19. The number of hydrogen-bond acceptors (Lipinski definition) is 9. The van der Waals surface area contributed by atoms with E-state index in [2.05, 4.69) is 34.1 Å². The van der Waals surface area contributed by atoms with Gasteiger partial charge in [-0.2, -0.15) is 0 Å². The minimum Gasteiger partial charge on any atom is -0.491 e. The molecule has 202 valence electrons. The molecule has 11 heteroatoms. The van der Waals surface area contributed by atoms with Crippen LogP contribution < -0.4 is 27.3 Å². The molecule has 36 heavy (non-hydrogen) atoms. The van der Waals surface area contributed by atoms with Crippen LogP contribution in [0.15, 0.2) is 29.3 Å². The van der Waals surface area contributed by atoms with Gasteiger partial charge in [0.2, 0.25) is 0 Å². The molecule has 0 radical (unpaired) electrons. The number of benzene rings is 1. The molecule has 11 nitrogen and oxygen atoms in total. The van der Waals surface area contributed by atoms with Gasteiger partial charge in [-0.05, 0) is 43.9 Å². The SMILES string of the molecule is CC.CCC.Cc1nc(C(=O)NC(N)=NCCCCc2ccc(OCC(O)CO)cc2)c(N)nc1N. The van der Waals surface area contributed by atoms with Gasteiger partial charge in [-0.25, -0.2) is 9.97 Å². The first kappa shape index (κ1) is 32.6. The molecule has 1 amide bonds. The van der Waals surface area contributed by atoms with E-state index in [0.29, 0.717) is 18.0 Å². The molecular formula is C25H43N7O4. The number of guanidine groups is 1. The predicted molar refractivity (Wildman–Crippen MR) is 145 cm³/mol. The number of carbonyl (C=O) groups excluding carboxylic acids is 1. The minimum absolute atomic E-state index is 0.0211. The third kappa shape index (κ3) is 12.9. The topological polar surface area (TPSA) is 195 Å². The van der Waals surface area contributed by atoms with Gasteiger partial charge < -0.3 is 32.2 Å². The molecular weight excluding hydrogens is 462 g/mol. The summed E-state index contributed by atoms with van der Waals surface area (Å²) in [4.78, 5) is 24.2. The van der Waals surface area contributed by atoms with E-state index >= 15 is 0 Å². The summed E-state index contributed by atoms with van der Waals surface area (Å²) in [7, 11) is 0. The number of amides is 1. The number of nitrogens with two attached hydrogens (primary N) is 3. The fourth-order valence-electron chi connectivity index (χ4n) is 2.57. The van der Waals surface area contributed by atoms with Gasteiger partial charge in [-0.15, -0.1) is 0 Å². The van der Waals surface area contributed by atoms with Crippen LogP contribution >= 0.6 is 0 Å². The van der Waals surface area contributed by atoms with Gasteiger partial charge in [-0.3, -0.25) is 15.1 Å². The van der Waals surface area contributed by atoms with E-state index in [1.807, 2.05) is 38.1 Å². The number of carbonyl (C=O) groups is 1. The molecule has 1 aromatic carbocycles. The highest BCUT2D eigenvalue weighted by molar-refractivity contribution is 6.06. The molecule has 1 atom stereocenters. The second kappa shape index (κ2) is 18.8. The van der Waals surface area contributed by atoms with Crippen molar-refractivity contribution in [3.05, 3.63) is 41.2 Å². The van der Waals surface area contributed by atoms with Crippen LogP contribution in [0.4, 0.5) is 11.6 Å². The fourth-order valence-corrected chi connectivity index (χ4v) is 2.57. The van der Waals surface area contributed by atoms with Crippen LogP contribution in [0, 0.1) is 6.92 Å². The molecule has 0 aliphatic heterocycles. The number of hydrogen-bond donors (Lipinski definition) is 6. The fraction of sp³-hybridized carbons (Fsp3) is 0.520. The molecule has 0 fully saturated rings. The highest BCUT2D eigenvalue weighted by atomic mass is 16.5. The van der Waals surface area contributed by atoms with Crippen LogP contribution in [-0.2, 0) is 6.42 Å². The monoisotopic (exact) mass is 505 g/mol. The zero-order valence-electron chi connectivity index (χ0n) is 22.1. The van der Waals surface area contributed by atoms with Crippen LogP contribution in [0.2, 0.25) is 0 Å². The first-order valence-electron chi connectivity index (χ1n) is 12.2. The Hall–Kier alpha value is -3.44. The number of nitrogen functional groups attached to an aromatic ring is 2. The van der Waals surface area contributed by atoms with Gasteiger partial charge in [0.15, 0.2) is 17.5 Å². The van der Waals surface area contributed by atoms with Crippen molar-refractivity contribution in [3.63, 3.8) is 0 Å². The maximum Gasteiger partial charge on any atom is 0.280 e. The Morgan fingerprint density at radius 2 is 1.72 bits per heavy atom. The molecule has 0 saturated carbocycles. The van der Waals surface area contributed by atoms with Gasteiger partial charge in [0.05, 0.1) is 12.3 Å². The van der Waals surface area contributed by atoms with Crippen molar-refractivity contribution in [2.75, 3.05) is 31.2 Å². The van der Waals surface area contributed by atoms with E-state index in [-0.39, 0.29) is 36.5 Å². The zero-order valence-corrected chi connectivity index (χ0v) is 22.1. The number of nitrogens with one attached hydrogen (secondary N) is 1. The second-order valence-corrected chi connectivity index (χ2v) is 7.60.